The molecule has 2 N–H and O–H groups in total. The molecule has 0 saturated heterocycles. The zero-order chi connectivity index (χ0) is 16.2. The number of ether oxygens (including phenoxy) is 1. The Morgan fingerprint density at radius 3 is 2.50 bits per heavy atom. The molecule has 0 saturated carbocycles. The third kappa shape index (κ3) is 3.92. The molecule has 1 aromatic carbocycles. The average molecular weight is 305 g/mol. The molecule has 0 aliphatic heterocycles. The Kier molecular flexibility index (Phi) is 4.92. The molecule has 5 nitrogen and oxygen atoms in total. The first-order valence-corrected chi connectivity index (χ1v) is 6.99. The molecule has 0 radical (unpaired) electrons. The lowest BCUT2D eigenvalue weighted by Gasteiger charge is -2.10. The molecule has 2 aromatic rings. The van der Waals surface area contributed by atoms with Gasteiger partial charge in [-0.05, 0) is 24.3 Å². The molecule has 0 aliphatic carbocycles. The Morgan fingerprint density at radius 2 is 2.00 bits per heavy atom. The van der Waals surface area contributed by atoms with E-state index in [1.54, 1.807) is 12.1 Å². The lowest BCUT2D eigenvalue weighted by Crippen LogP contribution is -2.13. The first kappa shape index (κ1) is 16.2. The molecule has 6 heteroatoms. The number of benzene rings is 1. The largest absolute Gasteiger partial charge is 0.489 e. The number of hydrogen-bond donors (Lipinski definition) is 1. The summed E-state index contributed by atoms with van der Waals surface area (Å²) in [6, 6.07) is 7.17. The molecule has 1 aromatic heterocycles. The van der Waals surface area contributed by atoms with E-state index in [9.17, 15) is 4.39 Å². The molecule has 0 aliphatic rings. The summed E-state index contributed by atoms with van der Waals surface area (Å²) < 4.78 is 23.1. The van der Waals surface area contributed by atoms with Crippen LogP contribution in [0.4, 0.5) is 4.39 Å². The van der Waals surface area contributed by atoms with Crippen molar-refractivity contribution < 1.29 is 13.7 Å². The maximum atomic E-state index is 12.4. The molecule has 118 valence electrons. The van der Waals surface area contributed by atoms with Crippen molar-refractivity contribution in [1.29, 1.82) is 0 Å². The Balaban J connectivity index is 2.07. The van der Waals surface area contributed by atoms with Crippen molar-refractivity contribution in [2.45, 2.75) is 26.2 Å². The van der Waals surface area contributed by atoms with Crippen LogP contribution in [0.1, 0.15) is 26.6 Å². The van der Waals surface area contributed by atoms with E-state index in [1.807, 2.05) is 32.9 Å². The molecule has 1 heterocycles. The fourth-order valence-corrected chi connectivity index (χ4v) is 1.65. The summed E-state index contributed by atoms with van der Waals surface area (Å²) in [7, 11) is 0. The fourth-order valence-electron chi connectivity index (χ4n) is 1.65. The minimum absolute atomic E-state index is 0.126. The lowest BCUT2D eigenvalue weighted by atomic mass is 9.96. The van der Waals surface area contributed by atoms with Crippen molar-refractivity contribution in [2.24, 2.45) is 5.73 Å². The molecular formula is C16H20FN3O2. The van der Waals surface area contributed by atoms with Gasteiger partial charge < -0.3 is 15.0 Å². The maximum Gasteiger partial charge on any atom is 0.257 e. The van der Waals surface area contributed by atoms with Crippen LogP contribution in [0.2, 0.25) is 0 Å². The first-order valence-electron chi connectivity index (χ1n) is 6.99. The van der Waals surface area contributed by atoms with Gasteiger partial charge in [-0.15, -0.1) is 0 Å². The van der Waals surface area contributed by atoms with Gasteiger partial charge in [-0.25, -0.2) is 4.39 Å². The van der Waals surface area contributed by atoms with Gasteiger partial charge >= 0.3 is 0 Å². The monoisotopic (exact) mass is 305 g/mol. The SMILES string of the molecule is CC(C)(C)c1noc(-c2ccc(OC/C(=C\F)CN)cc2)n1. The van der Waals surface area contributed by atoms with Crippen LogP contribution in [0, 0.1) is 0 Å². The van der Waals surface area contributed by atoms with Crippen LogP contribution in [0.5, 0.6) is 5.75 Å². The number of aromatic nitrogens is 2. The second kappa shape index (κ2) is 6.70. The van der Waals surface area contributed by atoms with Crippen LogP contribution in [0.3, 0.4) is 0 Å². The summed E-state index contributed by atoms with van der Waals surface area (Å²) in [6.07, 6.45) is 0.473. The van der Waals surface area contributed by atoms with E-state index >= 15 is 0 Å². The second-order valence-corrected chi connectivity index (χ2v) is 5.96. The van der Waals surface area contributed by atoms with Crippen LogP contribution < -0.4 is 10.5 Å². The van der Waals surface area contributed by atoms with Gasteiger partial charge in [-0.1, -0.05) is 25.9 Å². The third-order valence-electron chi connectivity index (χ3n) is 3.04. The third-order valence-corrected chi connectivity index (χ3v) is 3.04. The van der Waals surface area contributed by atoms with E-state index in [-0.39, 0.29) is 18.6 Å². The van der Waals surface area contributed by atoms with E-state index < -0.39 is 0 Å². The van der Waals surface area contributed by atoms with Crippen LogP contribution in [-0.2, 0) is 5.41 Å². The van der Waals surface area contributed by atoms with Crippen molar-refractivity contribution in [3.8, 4) is 17.2 Å². The average Bonchev–Trinajstić information content (AvgIpc) is 2.99. The minimum Gasteiger partial charge on any atom is -0.489 e. The van der Waals surface area contributed by atoms with Gasteiger partial charge in [-0.2, -0.15) is 4.98 Å². The molecule has 0 bridgehead atoms. The zero-order valence-corrected chi connectivity index (χ0v) is 13.0. The van der Waals surface area contributed by atoms with Crippen LogP contribution >= 0.6 is 0 Å². The Labute approximate surface area is 129 Å². The van der Waals surface area contributed by atoms with Crippen LogP contribution in [0.25, 0.3) is 11.5 Å². The molecule has 0 fully saturated rings. The maximum absolute atomic E-state index is 12.4. The number of nitrogens with two attached hydrogens (primary N) is 1. The van der Waals surface area contributed by atoms with Gasteiger partial charge in [0.2, 0.25) is 0 Å². The van der Waals surface area contributed by atoms with Crippen molar-refractivity contribution >= 4 is 0 Å². The minimum atomic E-state index is -0.165. The summed E-state index contributed by atoms with van der Waals surface area (Å²) >= 11 is 0. The summed E-state index contributed by atoms with van der Waals surface area (Å²) in [5, 5.41) is 3.99. The zero-order valence-electron chi connectivity index (χ0n) is 13.0. The number of rotatable bonds is 5. The predicted octanol–water partition coefficient (Wildman–Crippen LogP) is 3.23. The molecule has 22 heavy (non-hydrogen) atoms. The summed E-state index contributed by atoms with van der Waals surface area (Å²) in [6.45, 7) is 6.32. The van der Waals surface area contributed by atoms with Crippen molar-refractivity contribution in [2.75, 3.05) is 13.2 Å². The van der Waals surface area contributed by atoms with Crippen molar-refractivity contribution in [1.82, 2.24) is 10.1 Å². The predicted molar refractivity (Wildman–Crippen MR) is 82.2 cm³/mol. The first-order chi connectivity index (χ1) is 10.4. The molecule has 0 spiro atoms. The smallest absolute Gasteiger partial charge is 0.257 e. The van der Waals surface area contributed by atoms with Crippen molar-refractivity contribution in [3.63, 3.8) is 0 Å². The molecule has 2 rings (SSSR count). The molecule has 0 atom stereocenters. The van der Waals surface area contributed by atoms with Crippen LogP contribution in [-0.4, -0.2) is 23.3 Å². The van der Waals surface area contributed by atoms with E-state index in [4.69, 9.17) is 15.0 Å². The molecular weight excluding hydrogens is 285 g/mol. The van der Waals surface area contributed by atoms with Gasteiger partial charge in [0.25, 0.3) is 5.89 Å². The number of hydrogen-bond acceptors (Lipinski definition) is 5. The second-order valence-electron chi connectivity index (χ2n) is 5.96. The highest BCUT2D eigenvalue weighted by molar-refractivity contribution is 5.54. The van der Waals surface area contributed by atoms with E-state index in [2.05, 4.69) is 10.1 Å². The van der Waals surface area contributed by atoms with E-state index in [0.717, 1.165) is 5.56 Å². The van der Waals surface area contributed by atoms with Gasteiger partial charge in [0, 0.05) is 23.1 Å². The van der Waals surface area contributed by atoms with Gasteiger partial charge in [-0.3, -0.25) is 0 Å². The van der Waals surface area contributed by atoms with E-state index in [0.29, 0.717) is 29.4 Å². The molecule has 0 unspecified atom stereocenters. The highest BCUT2D eigenvalue weighted by Gasteiger charge is 2.21. The van der Waals surface area contributed by atoms with Gasteiger partial charge in [0.05, 0.1) is 6.33 Å². The van der Waals surface area contributed by atoms with E-state index in [1.165, 1.54) is 0 Å². The van der Waals surface area contributed by atoms with Gasteiger partial charge in [0.15, 0.2) is 5.82 Å². The quantitative estimate of drug-likeness (QED) is 0.918. The highest BCUT2D eigenvalue weighted by atomic mass is 19.1. The fraction of sp³-hybridized carbons (Fsp3) is 0.375. The standard InChI is InChI=1S/C16H20FN3O2/c1-16(2,3)15-19-14(22-20-15)12-4-6-13(7-5-12)21-10-11(8-17)9-18/h4-8H,9-10,18H2,1-3H3/b11-8-. The highest BCUT2D eigenvalue weighted by Crippen LogP contribution is 2.25. The molecule has 0 amide bonds. The summed E-state index contributed by atoms with van der Waals surface area (Å²) in [4.78, 5) is 4.39. The normalized spacial score (nSPS) is 12.5. The van der Waals surface area contributed by atoms with Gasteiger partial charge in [0.1, 0.15) is 12.4 Å². The van der Waals surface area contributed by atoms with Crippen molar-refractivity contribution in [3.05, 3.63) is 42.0 Å². The number of nitrogens with zero attached hydrogens (tertiary/aromatic N) is 2. The summed E-state index contributed by atoms with van der Waals surface area (Å²) in [5.41, 5.74) is 6.40. The lowest BCUT2D eigenvalue weighted by molar-refractivity contribution is 0.347. The van der Waals surface area contributed by atoms with Crippen LogP contribution in [0.15, 0.2) is 40.7 Å². The Morgan fingerprint density at radius 1 is 1.32 bits per heavy atom. The Hall–Kier alpha value is -2.21. The number of halogens is 1. The Bertz CT molecular complexity index is 642. The summed E-state index contributed by atoms with van der Waals surface area (Å²) in [5.74, 6) is 1.73. The topological polar surface area (TPSA) is 74.2 Å².